The van der Waals surface area contributed by atoms with E-state index in [0.717, 1.165) is 49.7 Å². The Morgan fingerprint density at radius 1 is 1.16 bits per heavy atom. The zero-order chi connectivity index (χ0) is 16.5. The van der Waals surface area contributed by atoms with Crippen molar-refractivity contribution in [3.8, 4) is 0 Å². The van der Waals surface area contributed by atoms with Gasteiger partial charge in [0.05, 0.1) is 20.6 Å². The number of nitrogens with zero attached hydrogens (tertiary/aromatic N) is 1. The van der Waals surface area contributed by atoms with E-state index >= 15 is 0 Å². The number of rotatable bonds is 4. The number of hydrogen-bond acceptors (Lipinski definition) is 4. The highest BCUT2D eigenvalue weighted by Gasteiger charge is 2.49. The number of likely N-dealkylation sites (tertiary alicyclic amines) is 1. The van der Waals surface area contributed by atoms with Crippen LogP contribution in [0, 0.1) is 5.92 Å². The molecule has 1 saturated carbocycles. The minimum Gasteiger partial charge on any atom is -1.00 e. The van der Waals surface area contributed by atoms with Crippen LogP contribution in [0.1, 0.15) is 37.7 Å². The summed E-state index contributed by atoms with van der Waals surface area (Å²) >= 11 is 0. The van der Waals surface area contributed by atoms with E-state index in [2.05, 4.69) is 14.1 Å². The fourth-order valence-corrected chi connectivity index (χ4v) is 4.12. The summed E-state index contributed by atoms with van der Waals surface area (Å²) in [6.45, 7) is 1.83. The first-order valence-corrected chi connectivity index (χ1v) is 8.73. The van der Waals surface area contributed by atoms with Gasteiger partial charge in [-0.05, 0) is 18.4 Å². The number of aliphatic hydroxyl groups is 1. The van der Waals surface area contributed by atoms with Crippen molar-refractivity contribution in [3.63, 3.8) is 0 Å². The number of halogens is 1. The van der Waals surface area contributed by atoms with E-state index in [1.54, 1.807) is 0 Å². The molecule has 1 aromatic rings. The molecule has 1 aromatic carbocycles. The molecule has 142 valence electrons. The zero-order valence-electron chi connectivity index (χ0n) is 15.3. The molecule has 25 heavy (non-hydrogen) atoms. The Balaban J connectivity index is 0.00000156. The third-order valence-electron chi connectivity index (χ3n) is 5.50. The van der Waals surface area contributed by atoms with E-state index in [4.69, 9.17) is 4.74 Å². The van der Waals surface area contributed by atoms with E-state index in [0.29, 0.717) is 5.56 Å². The zero-order valence-corrected chi connectivity index (χ0v) is 16.9. The molecule has 2 unspecified atom stereocenters. The Kier molecular flexibility index (Phi) is 7.62. The Morgan fingerprint density at radius 2 is 1.76 bits per heavy atom. The fraction of sp³-hybridized carbons (Fsp3) is 0.632. The van der Waals surface area contributed by atoms with Gasteiger partial charge in [0, 0.05) is 12.3 Å². The number of hydrogen-bond donors (Lipinski definition) is 2. The van der Waals surface area contributed by atoms with Gasteiger partial charge in [-0.15, -0.1) is 0 Å². The lowest BCUT2D eigenvalue weighted by molar-refractivity contribution is -0.879. The molecule has 0 radical (unpaired) electrons. The maximum Gasteiger partial charge on any atom is 0.343 e. The predicted molar refractivity (Wildman–Crippen MR) is 93.7 cm³/mol. The van der Waals surface area contributed by atoms with Gasteiger partial charge in [0.2, 0.25) is 0 Å². The fourth-order valence-electron chi connectivity index (χ4n) is 4.12. The Hall–Kier alpha value is -0.950. The molecule has 6 heteroatoms. The number of carbonyl (C=O) groups is 1. The van der Waals surface area contributed by atoms with Crippen LogP contribution in [0.15, 0.2) is 30.3 Å². The highest BCUT2D eigenvalue weighted by atomic mass is 79.9. The number of likely N-dealkylation sites (N-methyl/N-ethyl adjacent to an activating group) is 1. The smallest absolute Gasteiger partial charge is 0.343 e. The molecule has 1 aliphatic carbocycles. The minimum absolute atomic E-state index is 0. The van der Waals surface area contributed by atoms with E-state index in [-0.39, 0.29) is 35.2 Å². The maximum atomic E-state index is 12.9. The van der Waals surface area contributed by atoms with Crippen molar-refractivity contribution in [2.24, 2.45) is 5.92 Å². The van der Waals surface area contributed by atoms with Crippen molar-refractivity contribution in [1.29, 1.82) is 0 Å². The van der Waals surface area contributed by atoms with Gasteiger partial charge in [-0.2, -0.15) is 0 Å². The quantitative estimate of drug-likeness (QED) is 0.519. The standard InChI is InChI=1S/C19H28NO3.BrH.H3N/c1-20(2)13-12-17(14-20)23-18(21)19(22,16-10-6-7-11-16)15-8-4-3-5-9-15;;/h3-5,8-9,16-17,22H,6-7,10-14H2,1-2H3;1H;1H3/q+1;;/p-1. The van der Waals surface area contributed by atoms with Gasteiger partial charge in [-0.25, -0.2) is 4.79 Å². The summed E-state index contributed by atoms with van der Waals surface area (Å²) in [5, 5.41) is 11.4. The second-order valence-electron chi connectivity index (χ2n) is 7.77. The lowest BCUT2D eigenvalue weighted by atomic mass is 9.80. The van der Waals surface area contributed by atoms with Crippen molar-refractivity contribution in [1.82, 2.24) is 6.15 Å². The second-order valence-corrected chi connectivity index (χ2v) is 7.77. The van der Waals surface area contributed by atoms with Crippen LogP contribution in [-0.2, 0) is 15.1 Å². The van der Waals surface area contributed by atoms with Crippen LogP contribution in [0.5, 0.6) is 0 Å². The summed E-state index contributed by atoms with van der Waals surface area (Å²) in [4.78, 5) is 12.9. The lowest BCUT2D eigenvalue weighted by Gasteiger charge is -2.33. The summed E-state index contributed by atoms with van der Waals surface area (Å²) in [5.41, 5.74) is -0.832. The van der Waals surface area contributed by atoms with Gasteiger partial charge in [-0.3, -0.25) is 0 Å². The van der Waals surface area contributed by atoms with Gasteiger partial charge >= 0.3 is 5.97 Å². The van der Waals surface area contributed by atoms with Crippen LogP contribution in [0.2, 0.25) is 0 Å². The van der Waals surface area contributed by atoms with Crippen molar-refractivity contribution in [2.45, 2.75) is 43.8 Å². The number of benzene rings is 1. The molecule has 1 heterocycles. The Morgan fingerprint density at radius 3 is 2.28 bits per heavy atom. The van der Waals surface area contributed by atoms with Crippen molar-refractivity contribution >= 4 is 5.97 Å². The third kappa shape index (κ3) is 4.61. The summed E-state index contributed by atoms with van der Waals surface area (Å²) < 4.78 is 6.64. The van der Waals surface area contributed by atoms with Crippen molar-refractivity contribution in [2.75, 3.05) is 27.2 Å². The molecular formula is C19H31BrN2O3. The SMILES string of the molecule is C[N+]1(C)CCC(OC(=O)C(O)(c2ccccc2)C2CCCC2)C1.N.[Br-]. The van der Waals surface area contributed by atoms with E-state index < -0.39 is 11.6 Å². The van der Waals surface area contributed by atoms with Gasteiger partial charge in [-0.1, -0.05) is 43.2 Å². The van der Waals surface area contributed by atoms with Crippen LogP contribution in [0.25, 0.3) is 0 Å². The summed E-state index contributed by atoms with van der Waals surface area (Å²) in [5.74, 6) is -0.496. The van der Waals surface area contributed by atoms with Gasteiger partial charge in [0.25, 0.3) is 0 Å². The van der Waals surface area contributed by atoms with E-state index in [1.807, 2.05) is 30.3 Å². The molecule has 2 aliphatic rings. The topological polar surface area (TPSA) is 81.5 Å². The number of ether oxygens (including phenoxy) is 1. The van der Waals surface area contributed by atoms with Crippen LogP contribution < -0.4 is 23.1 Å². The van der Waals surface area contributed by atoms with Gasteiger partial charge in [0.15, 0.2) is 11.7 Å². The minimum atomic E-state index is -1.50. The summed E-state index contributed by atoms with van der Waals surface area (Å²) in [6, 6.07) is 9.33. The second kappa shape index (κ2) is 8.62. The first-order valence-electron chi connectivity index (χ1n) is 8.73. The largest absolute Gasteiger partial charge is 1.00 e. The average Bonchev–Trinajstić information content (AvgIpc) is 3.17. The molecule has 0 amide bonds. The van der Waals surface area contributed by atoms with Crippen LogP contribution in [0.3, 0.4) is 0 Å². The Labute approximate surface area is 161 Å². The summed E-state index contributed by atoms with van der Waals surface area (Å²) in [7, 11) is 4.29. The summed E-state index contributed by atoms with van der Waals surface area (Å²) in [6.07, 6.45) is 4.68. The highest BCUT2D eigenvalue weighted by molar-refractivity contribution is 5.81. The molecule has 0 bridgehead atoms. The first-order chi connectivity index (χ1) is 10.9. The molecule has 3 rings (SSSR count). The number of quaternary nitrogens is 1. The molecule has 5 nitrogen and oxygen atoms in total. The van der Waals surface area contributed by atoms with Crippen LogP contribution in [0.4, 0.5) is 0 Å². The van der Waals surface area contributed by atoms with Crippen LogP contribution in [-0.4, -0.2) is 48.8 Å². The van der Waals surface area contributed by atoms with Gasteiger partial charge in [0.1, 0.15) is 6.54 Å². The highest BCUT2D eigenvalue weighted by Crippen LogP contribution is 2.42. The molecule has 2 fully saturated rings. The Bertz CT molecular complexity index is 561. The van der Waals surface area contributed by atoms with Crippen molar-refractivity contribution in [3.05, 3.63) is 35.9 Å². The monoisotopic (exact) mass is 414 g/mol. The van der Waals surface area contributed by atoms with Crippen molar-refractivity contribution < 1.29 is 36.1 Å². The van der Waals surface area contributed by atoms with Gasteiger partial charge < -0.3 is 37.5 Å². The average molecular weight is 415 g/mol. The molecule has 1 saturated heterocycles. The van der Waals surface area contributed by atoms with E-state index in [1.165, 1.54) is 0 Å². The normalized spacial score (nSPS) is 24.7. The molecule has 0 aromatic heterocycles. The molecule has 0 spiro atoms. The first kappa shape index (κ1) is 22.1. The third-order valence-corrected chi connectivity index (χ3v) is 5.50. The van der Waals surface area contributed by atoms with E-state index in [9.17, 15) is 9.90 Å². The maximum absolute atomic E-state index is 12.9. The predicted octanol–water partition coefficient (Wildman–Crippen LogP) is -0.378. The molecule has 1 aliphatic heterocycles. The molecular weight excluding hydrogens is 384 g/mol. The molecule has 4 N–H and O–H groups in total. The lowest BCUT2D eigenvalue weighted by Crippen LogP contribution is -3.00. The number of esters is 1. The molecule has 2 atom stereocenters. The van der Waals surface area contributed by atoms with Crippen LogP contribution >= 0.6 is 0 Å². The number of carbonyl (C=O) groups excluding carboxylic acids is 1.